The van der Waals surface area contributed by atoms with Crippen LogP contribution < -0.4 is 15.4 Å². The van der Waals surface area contributed by atoms with Crippen LogP contribution in [0.1, 0.15) is 51.0 Å². The summed E-state index contributed by atoms with van der Waals surface area (Å²) in [6.45, 7) is 2.16. The molecule has 2 N–H and O–H groups in total. The molecule has 1 unspecified atom stereocenters. The number of benzene rings is 4. The Hall–Kier alpha value is -3.99. The lowest BCUT2D eigenvalue weighted by Gasteiger charge is -2.43. The Morgan fingerprint density at radius 2 is 1.71 bits per heavy atom. The first-order chi connectivity index (χ1) is 17.2. The van der Waals surface area contributed by atoms with Crippen molar-refractivity contribution in [3.63, 3.8) is 0 Å². The van der Waals surface area contributed by atoms with Gasteiger partial charge in [0, 0.05) is 52.1 Å². The van der Waals surface area contributed by atoms with E-state index in [1.165, 1.54) is 16.8 Å². The minimum atomic E-state index is -1.06. The summed E-state index contributed by atoms with van der Waals surface area (Å²) >= 11 is 0. The first-order valence-electron chi connectivity index (χ1n) is 12.4. The van der Waals surface area contributed by atoms with Crippen molar-refractivity contribution >= 4 is 28.1 Å². The number of nitrogens with two attached hydrogens (primary N) is 1. The highest BCUT2D eigenvalue weighted by Crippen LogP contribution is 2.60. The minimum Gasteiger partial charge on any atom is -0.455 e. The molecule has 1 atom stereocenters. The van der Waals surface area contributed by atoms with E-state index in [-0.39, 0.29) is 5.97 Å². The largest absolute Gasteiger partial charge is 0.455 e. The molecule has 4 aromatic carbocycles. The fourth-order valence-electron chi connectivity index (χ4n) is 6.83. The number of ether oxygens (including phenoxy) is 2. The lowest BCUT2D eigenvalue weighted by Crippen LogP contribution is -2.38. The van der Waals surface area contributed by atoms with Crippen LogP contribution in [0.5, 0.6) is 11.5 Å². The van der Waals surface area contributed by atoms with Crippen molar-refractivity contribution in [2.45, 2.75) is 31.3 Å². The lowest BCUT2D eigenvalue weighted by molar-refractivity contribution is 0.0224. The smallest absolute Gasteiger partial charge is 0.340 e. The number of anilines is 2. The van der Waals surface area contributed by atoms with Crippen LogP contribution in [0.15, 0.2) is 60.7 Å². The zero-order chi connectivity index (χ0) is 23.3. The van der Waals surface area contributed by atoms with Gasteiger partial charge in [-0.25, -0.2) is 4.79 Å². The molecule has 8 rings (SSSR count). The van der Waals surface area contributed by atoms with Gasteiger partial charge in [-0.15, -0.1) is 0 Å². The Morgan fingerprint density at radius 1 is 0.857 bits per heavy atom. The van der Waals surface area contributed by atoms with Crippen molar-refractivity contribution in [3.8, 4) is 11.5 Å². The van der Waals surface area contributed by atoms with Crippen LogP contribution in [-0.4, -0.2) is 19.1 Å². The van der Waals surface area contributed by atoms with E-state index < -0.39 is 5.60 Å². The molecule has 4 heterocycles. The van der Waals surface area contributed by atoms with Crippen molar-refractivity contribution < 1.29 is 14.3 Å². The predicted molar refractivity (Wildman–Crippen MR) is 135 cm³/mol. The van der Waals surface area contributed by atoms with Crippen molar-refractivity contribution in [3.05, 3.63) is 94.0 Å². The number of aryl methyl sites for hydroxylation is 1. The third kappa shape index (κ3) is 2.31. The number of carbonyl (C=O) groups is 1. The van der Waals surface area contributed by atoms with E-state index >= 15 is 0 Å². The first kappa shape index (κ1) is 19.3. The molecule has 0 amide bonds. The molecule has 0 aliphatic carbocycles. The average Bonchev–Trinajstić information content (AvgIpc) is 3.18. The van der Waals surface area contributed by atoms with Crippen molar-refractivity contribution in [2.24, 2.45) is 0 Å². The molecule has 1 spiro atoms. The second kappa shape index (κ2) is 6.57. The second-order valence-corrected chi connectivity index (χ2v) is 10.0. The Labute approximate surface area is 203 Å². The maximum atomic E-state index is 13.3. The topological polar surface area (TPSA) is 64.8 Å². The Bertz CT molecular complexity index is 1610. The van der Waals surface area contributed by atoms with Gasteiger partial charge in [-0.3, -0.25) is 0 Å². The first-order valence-corrected chi connectivity index (χ1v) is 12.4. The van der Waals surface area contributed by atoms with Crippen LogP contribution in [0, 0.1) is 0 Å². The van der Waals surface area contributed by atoms with E-state index in [9.17, 15) is 4.79 Å². The van der Waals surface area contributed by atoms with E-state index in [0.29, 0.717) is 17.0 Å². The molecule has 0 saturated heterocycles. The molecule has 0 saturated carbocycles. The summed E-state index contributed by atoms with van der Waals surface area (Å²) in [7, 11) is 0. The van der Waals surface area contributed by atoms with Gasteiger partial charge in [0.15, 0.2) is 5.60 Å². The number of nitrogens with zero attached hydrogens (tertiary/aromatic N) is 1. The number of esters is 1. The van der Waals surface area contributed by atoms with E-state index in [4.69, 9.17) is 15.2 Å². The quantitative estimate of drug-likeness (QED) is 0.270. The standard InChI is InChI=1S/C30H24N2O3/c31-24-11-3-6-17-12-13-22-28(25(17)24)34-27-20-9-5-15-32-14-4-7-18(26(20)32)16-23(27)30(22)21-10-2-1-8-19(21)29(33)35-30/h1-3,6,8,10-13,16H,4-5,7,9,14-15,31H2. The van der Waals surface area contributed by atoms with Crippen molar-refractivity contribution in [1.82, 2.24) is 0 Å². The number of hydrogen-bond acceptors (Lipinski definition) is 5. The molecule has 5 nitrogen and oxygen atoms in total. The average molecular weight is 461 g/mol. The summed E-state index contributed by atoms with van der Waals surface area (Å²) in [6.07, 6.45) is 4.19. The van der Waals surface area contributed by atoms with E-state index in [1.54, 1.807) is 0 Å². The molecule has 0 radical (unpaired) electrons. The maximum absolute atomic E-state index is 13.3. The van der Waals surface area contributed by atoms with Gasteiger partial charge in [-0.1, -0.05) is 36.4 Å². The van der Waals surface area contributed by atoms with E-state index in [2.05, 4.69) is 17.0 Å². The molecule has 5 heteroatoms. The van der Waals surface area contributed by atoms with Gasteiger partial charge in [0.05, 0.1) is 5.56 Å². The van der Waals surface area contributed by atoms with Gasteiger partial charge in [0.1, 0.15) is 11.5 Å². The van der Waals surface area contributed by atoms with Crippen LogP contribution in [-0.2, 0) is 23.2 Å². The predicted octanol–water partition coefficient (Wildman–Crippen LogP) is 5.69. The molecule has 172 valence electrons. The third-order valence-electron chi connectivity index (χ3n) is 8.24. The number of carbonyl (C=O) groups excluding carboxylic acids is 1. The number of nitrogen functional groups attached to an aromatic ring is 1. The van der Waals surface area contributed by atoms with Gasteiger partial charge in [-0.05, 0) is 60.9 Å². The van der Waals surface area contributed by atoms with Gasteiger partial charge in [-0.2, -0.15) is 0 Å². The fraction of sp³-hybridized carbons (Fsp3) is 0.233. The monoisotopic (exact) mass is 460 g/mol. The molecule has 4 aliphatic heterocycles. The van der Waals surface area contributed by atoms with Crippen molar-refractivity contribution in [2.75, 3.05) is 23.7 Å². The summed E-state index contributed by atoms with van der Waals surface area (Å²) < 4.78 is 13.3. The summed E-state index contributed by atoms with van der Waals surface area (Å²) in [6, 6.07) is 20.0. The normalized spacial score (nSPS) is 21.1. The van der Waals surface area contributed by atoms with Gasteiger partial charge >= 0.3 is 5.97 Å². The highest BCUT2D eigenvalue weighted by Gasteiger charge is 2.55. The molecule has 4 aliphatic rings. The van der Waals surface area contributed by atoms with Crippen LogP contribution in [0.4, 0.5) is 11.4 Å². The summed E-state index contributed by atoms with van der Waals surface area (Å²) in [5, 5.41) is 1.88. The Balaban J connectivity index is 1.54. The summed E-state index contributed by atoms with van der Waals surface area (Å²) in [4.78, 5) is 15.8. The van der Waals surface area contributed by atoms with Crippen LogP contribution >= 0.6 is 0 Å². The van der Waals surface area contributed by atoms with E-state index in [1.807, 2.05) is 48.5 Å². The zero-order valence-electron chi connectivity index (χ0n) is 19.3. The fourth-order valence-corrected chi connectivity index (χ4v) is 6.83. The van der Waals surface area contributed by atoms with Gasteiger partial charge in [0.25, 0.3) is 0 Å². The number of fused-ring (bicyclic) bond motifs is 9. The second-order valence-electron chi connectivity index (χ2n) is 10.0. The van der Waals surface area contributed by atoms with Crippen LogP contribution in [0.2, 0.25) is 0 Å². The lowest BCUT2D eigenvalue weighted by atomic mass is 9.74. The van der Waals surface area contributed by atoms with Gasteiger partial charge in [0.2, 0.25) is 0 Å². The summed E-state index contributed by atoms with van der Waals surface area (Å²) in [5.41, 5.74) is 13.3. The van der Waals surface area contributed by atoms with Crippen molar-refractivity contribution in [1.29, 1.82) is 0 Å². The molecule has 0 aromatic heterocycles. The van der Waals surface area contributed by atoms with Gasteiger partial charge < -0.3 is 20.1 Å². The molecule has 0 bridgehead atoms. The molecule has 0 fully saturated rings. The zero-order valence-corrected chi connectivity index (χ0v) is 19.3. The molecule has 35 heavy (non-hydrogen) atoms. The molecular formula is C30H24N2O3. The molecular weight excluding hydrogens is 436 g/mol. The summed E-state index contributed by atoms with van der Waals surface area (Å²) in [5.74, 6) is 1.23. The highest BCUT2D eigenvalue weighted by atomic mass is 16.6. The van der Waals surface area contributed by atoms with Crippen LogP contribution in [0.25, 0.3) is 10.8 Å². The SMILES string of the molecule is Nc1cccc2ccc3c(c12)Oc1c(cc2c4c1CCCN4CCC2)C31OC(=O)c2ccccc21. The minimum absolute atomic E-state index is 0.298. The number of hydrogen-bond donors (Lipinski definition) is 1. The Kier molecular flexibility index (Phi) is 3.63. The third-order valence-corrected chi connectivity index (χ3v) is 8.24. The Morgan fingerprint density at radius 3 is 2.63 bits per heavy atom. The molecule has 4 aromatic rings. The number of rotatable bonds is 0. The maximum Gasteiger partial charge on any atom is 0.340 e. The highest BCUT2D eigenvalue weighted by molar-refractivity contribution is 6.02. The van der Waals surface area contributed by atoms with Crippen LogP contribution in [0.3, 0.4) is 0 Å². The van der Waals surface area contributed by atoms with E-state index in [0.717, 1.165) is 72.0 Å².